The van der Waals surface area contributed by atoms with Crippen LogP contribution in [0.2, 0.25) is 0 Å². The average molecular weight is 478 g/mol. The zero-order chi connectivity index (χ0) is 25.2. The summed E-state index contributed by atoms with van der Waals surface area (Å²) in [5, 5.41) is 15.9. The Morgan fingerprint density at radius 1 is 0.943 bits per heavy atom. The summed E-state index contributed by atoms with van der Waals surface area (Å²) in [7, 11) is 0. The minimum Gasteiger partial charge on any atom is -0.461 e. The molecule has 0 amide bonds. The van der Waals surface area contributed by atoms with E-state index in [0.717, 1.165) is 23.6 Å². The first kappa shape index (κ1) is 26.1. The minimum absolute atomic E-state index is 0.136. The van der Waals surface area contributed by atoms with E-state index in [1.165, 1.54) is 5.56 Å². The summed E-state index contributed by atoms with van der Waals surface area (Å²) in [6, 6.07) is 20.4. The van der Waals surface area contributed by atoms with Crippen molar-refractivity contribution in [3.8, 4) is 0 Å². The van der Waals surface area contributed by atoms with E-state index in [4.69, 9.17) is 14.3 Å². The van der Waals surface area contributed by atoms with Crippen molar-refractivity contribution in [2.75, 3.05) is 13.2 Å². The van der Waals surface area contributed by atoms with Gasteiger partial charge in [-0.25, -0.2) is 9.59 Å². The molecule has 3 rings (SSSR count). The van der Waals surface area contributed by atoms with Gasteiger partial charge in [-0.3, -0.25) is 0 Å². The molecule has 0 aliphatic heterocycles. The molecule has 0 saturated heterocycles. The number of benzene rings is 3. The third-order valence-electron chi connectivity index (χ3n) is 5.60. The second-order valence-corrected chi connectivity index (χ2v) is 8.21. The van der Waals surface area contributed by atoms with Crippen LogP contribution >= 0.6 is 0 Å². The first-order valence-electron chi connectivity index (χ1n) is 11.8. The average Bonchev–Trinajstić information content (AvgIpc) is 2.87. The van der Waals surface area contributed by atoms with Crippen molar-refractivity contribution in [3.63, 3.8) is 0 Å². The molecule has 184 valence electrons. The second-order valence-electron chi connectivity index (χ2n) is 8.21. The van der Waals surface area contributed by atoms with Crippen molar-refractivity contribution in [1.82, 2.24) is 0 Å². The van der Waals surface area contributed by atoms with Crippen LogP contribution in [0.25, 0.3) is 10.8 Å². The molecule has 0 heterocycles. The molecule has 0 radical (unpaired) electrons. The van der Waals surface area contributed by atoms with Gasteiger partial charge in [0.15, 0.2) is 18.6 Å². The van der Waals surface area contributed by atoms with Gasteiger partial charge >= 0.3 is 11.9 Å². The fraction of sp³-hybridized carbons (Fsp3) is 0.321. The van der Waals surface area contributed by atoms with Crippen LogP contribution in [0, 0.1) is 0 Å². The van der Waals surface area contributed by atoms with E-state index in [-0.39, 0.29) is 12.3 Å². The number of oxime groups is 1. The number of aliphatic hydroxyl groups is 1. The molecule has 0 bridgehead atoms. The maximum atomic E-state index is 12.4. The normalized spacial score (nSPS) is 13.3. The Kier molecular flexibility index (Phi) is 9.52. The van der Waals surface area contributed by atoms with E-state index in [2.05, 4.69) is 19.0 Å². The largest absolute Gasteiger partial charge is 0.461 e. The summed E-state index contributed by atoms with van der Waals surface area (Å²) in [6.07, 6.45) is 0.877. The number of hydrogen-bond donors (Lipinski definition) is 1. The zero-order valence-electron chi connectivity index (χ0n) is 20.3. The number of hydrogen-bond acceptors (Lipinski definition) is 7. The monoisotopic (exact) mass is 477 g/mol. The van der Waals surface area contributed by atoms with Crippen molar-refractivity contribution >= 4 is 28.4 Å². The standard InChI is InChI=1S/C28H31NO6/c1-4-8-19(3)20-11-14-22(15-12-20)27(31)34-18-25(30)35-29-26(28(32)33-5-2)24-16-13-21-9-6-7-10-23(21)17-24/h6-7,9-17,19,27,31H,4-5,8,18H2,1-3H3. The molecule has 0 saturated carbocycles. The number of aliphatic hydroxyl groups excluding tert-OH is 1. The number of nitrogens with zero attached hydrogens (tertiary/aromatic N) is 1. The SMILES string of the molecule is CCCC(C)c1ccc(C(O)OCC(=O)ON=C(C(=O)OCC)c2ccc3ccccc3c2)cc1. The molecule has 7 nitrogen and oxygen atoms in total. The Bertz CT molecular complexity index is 1170. The van der Waals surface area contributed by atoms with E-state index in [9.17, 15) is 14.7 Å². The summed E-state index contributed by atoms with van der Waals surface area (Å²) in [4.78, 5) is 29.6. The van der Waals surface area contributed by atoms with Gasteiger partial charge in [-0.1, -0.05) is 86.1 Å². The molecule has 2 unspecified atom stereocenters. The van der Waals surface area contributed by atoms with E-state index in [1.807, 2.05) is 42.5 Å². The number of carbonyl (C=O) groups is 2. The van der Waals surface area contributed by atoms with E-state index >= 15 is 0 Å². The van der Waals surface area contributed by atoms with Gasteiger partial charge in [-0.2, -0.15) is 0 Å². The predicted octanol–water partition coefficient (Wildman–Crippen LogP) is 5.26. The summed E-state index contributed by atoms with van der Waals surface area (Å²) >= 11 is 0. The molecule has 0 aliphatic carbocycles. The van der Waals surface area contributed by atoms with Crippen molar-refractivity contribution in [1.29, 1.82) is 0 Å². The van der Waals surface area contributed by atoms with Gasteiger partial charge < -0.3 is 19.4 Å². The summed E-state index contributed by atoms with van der Waals surface area (Å²) < 4.78 is 10.3. The summed E-state index contributed by atoms with van der Waals surface area (Å²) in [5.74, 6) is -1.15. The number of esters is 1. The Labute approximate surface area is 205 Å². The number of fused-ring (bicyclic) bond motifs is 1. The van der Waals surface area contributed by atoms with Gasteiger partial charge in [0.1, 0.15) is 0 Å². The van der Waals surface area contributed by atoms with Crippen molar-refractivity contribution < 1.29 is 29.0 Å². The number of rotatable bonds is 11. The highest BCUT2D eigenvalue weighted by atomic mass is 16.7. The summed E-state index contributed by atoms with van der Waals surface area (Å²) in [5.41, 5.74) is 2.02. The fourth-order valence-corrected chi connectivity index (χ4v) is 3.70. The molecular formula is C28H31NO6. The highest BCUT2D eigenvalue weighted by Gasteiger charge is 2.19. The molecule has 3 aromatic carbocycles. The smallest absolute Gasteiger partial charge is 0.361 e. The Hall–Kier alpha value is -3.55. The highest BCUT2D eigenvalue weighted by Crippen LogP contribution is 2.23. The molecule has 7 heteroatoms. The van der Waals surface area contributed by atoms with E-state index in [1.54, 1.807) is 31.2 Å². The zero-order valence-corrected chi connectivity index (χ0v) is 20.3. The molecule has 0 spiro atoms. The molecule has 0 aromatic heterocycles. The van der Waals surface area contributed by atoms with Crippen LogP contribution < -0.4 is 0 Å². The van der Waals surface area contributed by atoms with Gasteiger partial charge in [0.2, 0.25) is 0 Å². The summed E-state index contributed by atoms with van der Waals surface area (Å²) in [6.45, 7) is 5.57. The van der Waals surface area contributed by atoms with Gasteiger partial charge in [-0.15, -0.1) is 0 Å². The lowest BCUT2D eigenvalue weighted by Gasteiger charge is -2.14. The molecule has 1 N–H and O–H groups in total. The van der Waals surface area contributed by atoms with Crippen LogP contribution in [0.4, 0.5) is 0 Å². The third kappa shape index (κ3) is 7.21. The maximum Gasteiger partial charge on any atom is 0.361 e. The van der Waals surface area contributed by atoms with Crippen molar-refractivity contribution in [3.05, 3.63) is 83.4 Å². The molecule has 3 aromatic rings. The lowest BCUT2D eigenvalue weighted by Crippen LogP contribution is -2.21. The third-order valence-corrected chi connectivity index (χ3v) is 5.60. The molecular weight excluding hydrogens is 446 g/mol. The Morgan fingerprint density at radius 3 is 2.31 bits per heavy atom. The molecule has 2 atom stereocenters. The number of carbonyl (C=O) groups excluding carboxylic acids is 2. The predicted molar refractivity (Wildman–Crippen MR) is 134 cm³/mol. The molecule has 0 fully saturated rings. The van der Waals surface area contributed by atoms with Crippen LogP contribution in [-0.2, 0) is 23.9 Å². The van der Waals surface area contributed by atoms with Crippen LogP contribution in [-0.4, -0.2) is 36.0 Å². The van der Waals surface area contributed by atoms with Crippen LogP contribution in [0.15, 0.2) is 71.9 Å². The van der Waals surface area contributed by atoms with Gasteiger partial charge in [0, 0.05) is 11.1 Å². The van der Waals surface area contributed by atoms with Gasteiger partial charge in [0.25, 0.3) is 0 Å². The second kappa shape index (κ2) is 12.8. The first-order chi connectivity index (χ1) is 16.9. The number of ether oxygens (including phenoxy) is 2. The van der Waals surface area contributed by atoms with Gasteiger partial charge in [-0.05, 0) is 41.7 Å². The van der Waals surface area contributed by atoms with E-state index < -0.39 is 24.8 Å². The molecule has 0 aliphatic rings. The topological polar surface area (TPSA) is 94.4 Å². The van der Waals surface area contributed by atoms with Crippen molar-refractivity contribution in [2.45, 2.75) is 45.8 Å². The minimum atomic E-state index is -1.30. The molecule has 35 heavy (non-hydrogen) atoms. The lowest BCUT2D eigenvalue weighted by atomic mass is 9.96. The lowest BCUT2D eigenvalue weighted by molar-refractivity contribution is -0.163. The van der Waals surface area contributed by atoms with Crippen LogP contribution in [0.1, 0.15) is 62.5 Å². The fourth-order valence-electron chi connectivity index (χ4n) is 3.70. The van der Waals surface area contributed by atoms with Crippen LogP contribution in [0.5, 0.6) is 0 Å². The van der Waals surface area contributed by atoms with Crippen LogP contribution in [0.3, 0.4) is 0 Å². The Balaban J connectivity index is 1.64. The maximum absolute atomic E-state index is 12.4. The van der Waals surface area contributed by atoms with Crippen molar-refractivity contribution in [2.24, 2.45) is 5.16 Å². The highest BCUT2D eigenvalue weighted by molar-refractivity contribution is 6.43. The van der Waals surface area contributed by atoms with E-state index in [0.29, 0.717) is 17.0 Å². The Morgan fingerprint density at radius 2 is 1.63 bits per heavy atom. The van der Waals surface area contributed by atoms with Gasteiger partial charge in [0.05, 0.1) is 6.61 Å². The first-order valence-corrected chi connectivity index (χ1v) is 11.8. The quantitative estimate of drug-likeness (QED) is 0.133.